The highest BCUT2D eigenvalue weighted by Gasteiger charge is 2.38. The van der Waals surface area contributed by atoms with Gasteiger partial charge in [-0.1, -0.05) is 12.1 Å². The monoisotopic (exact) mass is 268 g/mol. The lowest BCUT2D eigenvalue weighted by atomic mass is 10.1. The second-order valence-electron chi connectivity index (χ2n) is 4.40. The number of amides is 2. The van der Waals surface area contributed by atoms with E-state index in [9.17, 15) is 9.59 Å². The van der Waals surface area contributed by atoms with Gasteiger partial charge in [-0.3, -0.25) is 19.5 Å². The highest BCUT2D eigenvalue weighted by Crippen LogP contribution is 2.31. The van der Waals surface area contributed by atoms with Crippen LogP contribution in [0.15, 0.2) is 42.6 Å². The van der Waals surface area contributed by atoms with E-state index in [1.54, 1.807) is 36.5 Å². The quantitative estimate of drug-likeness (QED) is 0.797. The van der Waals surface area contributed by atoms with Gasteiger partial charge in [0, 0.05) is 6.20 Å². The van der Waals surface area contributed by atoms with Crippen molar-refractivity contribution in [3.8, 4) is 5.75 Å². The van der Waals surface area contributed by atoms with Crippen LogP contribution in [0.2, 0.25) is 0 Å². The van der Waals surface area contributed by atoms with Crippen molar-refractivity contribution in [3.63, 3.8) is 0 Å². The molecule has 2 heterocycles. The number of nitrogens with zero attached hydrogens (tertiary/aromatic N) is 2. The lowest BCUT2D eigenvalue weighted by Crippen LogP contribution is -2.29. The Hall–Kier alpha value is -2.69. The summed E-state index contributed by atoms with van der Waals surface area (Å²) >= 11 is 0. The highest BCUT2D eigenvalue weighted by molar-refractivity contribution is 6.22. The average Bonchev–Trinajstić information content (AvgIpc) is 2.73. The molecule has 1 aromatic carbocycles. The van der Waals surface area contributed by atoms with E-state index in [1.165, 1.54) is 12.0 Å². The van der Waals surface area contributed by atoms with E-state index >= 15 is 0 Å². The Balaban J connectivity index is 1.98. The molecule has 0 fully saturated rings. The molecule has 1 aliphatic rings. The van der Waals surface area contributed by atoms with E-state index in [2.05, 4.69) is 4.98 Å². The molecule has 0 saturated heterocycles. The summed E-state index contributed by atoms with van der Waals surface area (Å²) in [5.41, 5.74) is 1.38. The summed E-state index contributed by atoms with van der Waals surface area (Å²) in [4.78, 5) is 30.0. The summed E-state index contributed by atoms with van der Waals surface area (Å²) in [6.45, 7) is 0.163. The van der Waals surface area contributed by atoms with Gasteiger partial charge in [-0.15, -0.1) is 0 Å². The molecule has 0 unspecified atom stereocenters. The first-order valence-corrected chi connectivity index (χ1v) is 6.15. The number of carbonyl (C=O) groups excluding carboxylic acids is 2. The van der Waals surface area contributed by atoms with E-state index in [1.807, 2.05) is 6.07 Å². The number of methoxy groups -OCH3 is 1. The van der Waals surface area contributed by atoms with Gasteiger partial charge in [-0.25, -0.2) is 0 Å². The minimum Gasteiger partial charge on any atom is -0.496 e. The number of fused-ring (bicyclic) bond motifs is 1. The maximum atomic E-state index is 12.4. The fourth-order valence-corrected chi connectivity index (χ4v) is 2.27. The van der Waals surface area contributed by atoms with Crippen LogP contribution in [0, 0.1) is 0 Å². The summed E-state index contributed by atoms with van der Waals surface area (Å²) in [6.07, 6.45) is 1.63. The lowest BCUT2D eigenvalue weighted by Gasteiger charge is -2.13. The van der Waals surface area contributed by atoms with Gasteiger partial charge in [0.1, 0.15) is 5.75 Å². The zero-order valence-electron chi connectivity index (χ0n) is 10.9. The molecule has 3 rings (SSSR count). The Morgan fingerprint density at radius 1 is 1.10 bits per heavy atom. The molecule has 5 heteroatoms. The summed E-state index contributed by atoms with van der Waals surface area (Å²) in [5.74, 6) is -0.230. The molecule has 0 radical (unpaired) electrons. The van der Waals surface area contributed by atoms with Gasteiger partial charge in [0.2, 0.25) is 0 Å². The normalized spacial score (nSPS) is 13.6. The molecule has 1 aromatic heterocycles. The van der Waals surface area contributed by atoms with Crippen LogP contribution in [0.1, 0.15) is 26.4 Å². The molecule has 100 valence electrons. The molecule has 20 heavy (non-hydrogen) atoms. The van der Waals surface area contributed by atoms with Gasteiger partial charge in [-0.2, -0.15) is 0 Å². The fraction of sp³-hybridized carbons (Fsp3) is 0.133. The van der Waals surface area contributed by atoms with Crippen molar-refractivity contribution in [1.82, 2.24) is 9.88 Å². The zero-order valence-corrected chi connectivity index (χ0v) is 10.9. The number of carbonyl (C=O) groups is 2. The highest BCUT2D eigenvalue weighted by atomic mass is 16.5. The molecule has 1 aliphatic heterocycles. The maximum Gasteiger partial charge on any atom is 0.265 e. The van der Waals surface area contributed by atoms with Crippen LogP contribution in [0.4, 0.5) is 0 Å². The van der Waals surface area contributed by atoms with Gasteiger partial charge >= 0.3 is 0 Å². The third-order valence-corrected chi connectivity index (χ3v) is 3.23. The first-order chi connectivity index (χ1) is 9.72. The Kier molecular flexibility index (Phi) is 2.95. The third-order valence-electron chi connectivity index (χ3n) is 3.23. The van der Waals surface area contributed by atoms with E-state index in [0.717, 1.165) is 0 Å². The number of hydrogen-bond donors (Lipinski definition) is 0. The van der Waals surface area contributed by atoms with Gasteiger partial charge in [-0.05, 0) is 24.3 Å². The smallest absolute Gasteiger partial charge is 0.265 e. The van der Waals surface area contributed by atoms with E-state index < -0.39 is 0 Å². The van der Waals surface area contributed by atoms with Crippen molar-refractivity contribution in [1.29, 1.82) is 0 Å². The average molecular weight is 268 g/mol. The lowest BCUT2D eigenvalue weighted by molar-refractivity contribution is 0.0639. The minimum atomic E-state index is -0.340. The van der Waals surface area contributed by atoms with E-state index in [-0.39, 0.29) is 18.4 Å². The van der Waals surface area contributed by atoms with Crippen molar-refractivity contribution in [2.75, 3.05) is 7.11 Å². The first-order valence-electron chi connectivity index (χ1n) is 6.15. The summed E-state index contributed by atoms with van der Waals surface area (Å²) < 4.78 is 5.16. The summed E-state index contributed by atoms with van der Waals surface area (Å²) in [6, 6.07) is 10.4. The predicted octanol–water partition coefficient (Wildman–Crippen LogP) is 1.89. The van der Waals surface area contributed by atoms with Gasteiger partial charge < -0.3 is 4.74 Å². The third kappa shape index (κ3) is 1.84. The number of ether oxygens (including phenoxy) is 1. The van der Waals surface area contributed by atoms with Crippen LogP contribution in [-0.2, 0) is 6.54 Å². The van der Waals surface area contributed by atoms with Crippen molar-refractivity contribution in [2.24, 2.45) is 0 Å². The molecular formula is C15H12N2O3. The molecule has 0 saturated carbocycles. The summed E-state index contributed by atoms with van der Waals surface area (Å²) in [5, 5.41) is 0. The topological polar surface area (TPSA) is 59.5 Å². The van der Waals surface area contributed by atoms with Crippen molar-refractivity contribution < 1.29 is 14.3 Å². The number of benzene rings is 1. The maximum absolute atomic E-state index is 12.4. The van der Waals surface area contributed by atoms with E-state index in [0.29, 0.717) is 22.6 Å². The second kappa shape index (κ2) is 4.77. The predicted molar refractivity (Wildman–Crippen MR) is 71.4 cm³/mol. The Morgan fingerprint density at radius 3 is 2.65 bits per heavy atom. The molecule has 2 aromatic rings. The number of rotatable bonds is 3. The summed E-state index contributed by atoms with van der Waals surface area (Å²) in [7, 11) is 1.48. The molecule has 2 amide bonds. The van der Waals surface area contributed by atoms with Crippen LogP contribution in [0.25, 0.3) is 0 Å². The first kappa shape index (κ1) is 12.3. The molecule has 0 aliphatic carbocycles. The van der Waals surface area contributed by atoms with Crippen LogP contribution < -0.4 is 4.74 Å². The van der Waals surface area contributed by atoms with Gasteiger partial charge in [0.25, 0.3) is 11.8 Å². The van der Waals surface area contributed by atoms with Crippen molar-refractivity contribution in [3.05, 3.63) is 59.4 Å². The van der Waals surface area contributed by atoms with Crippen LogP contribution in [-0.4, -0.2) is 28.8 Å². The fourth-order valence-electron chi connectivity index (χ4n) is 2.27. The Labute approximate surface area is 115 Å². The zero-order chi connectivity index (χ0) is 14.1. The van der Waals surface area contributed by atoms with Crippen LogP contribution in [0.5, 0.6) is 5.75 Å². The Morgan fingerprint density at radius 2 is 1.95 bits per heavy atom. The SMILES string of the molecule is COc1cccc2c1C(=O)N(Cc1ccccn1)C2=O. The molecule has 5 nitrogen and oxygen atoms in total. The van der Waals surface area contributed by atoms with E-state index in [4.69, 9.17) is 4.74 Å². The van der Waals surface area contributed by atoms with Crippen LogP contribution >= 0.6 is 0 Å². The standard InChI is InChI=1S/C15H12N2O3/c1-20-12-7-4-6-11-13(12)15(19)17(14(11)18)9-10-5-2-3-8-16-10/h2-8H,9H2,1H3. The number of hydrogen-bond acceptors (Lipinski definition) is 4. The number of pyridine rings is 1. The van der Waals surface area contributed by atoms with Gasteiger partial charge in [0.15, 0.2) is 0 Å². The largest absolute Gasteiger partial charge is 0.496 e. The molecule has 0 spiro atoms. The Bertz CT molecular complexity index is 683. The number of aromatic nitrogens is 1. The van der Waals surface area contributed by atoms with Gasteiger partial charge in [0.05, 0.1) is 30.5 Å². The number of imide groups is 1. The second-order valence-corrected chi connectivity index (χ2v) is 4.40. The molecular weight excluding hydrogens is 256 g/mol. The van der Waals surface area contributed by atoms with Crippen molar-refractivity contribution in [2.45, 2.75) is 6.54 Å². The van der Waals surface area contributed by atoms with Crippen molar-refractivity contribution >= 4 is 11.8 Å². The van der Waals surface area contributed by atoms with Crippen LogP contribution in [0.3, 0.4) is 0 Å². The molecule has 0 atom stereocenters. The molecule has 0 bridgehead atoms. The molecule has 0 N–H and O–H groups in total. The minimum absolute atomic E-state index is 0.163.